The summed E-state index contributed by atoms with van der Waals surface area (Å²) in [7, 11) is 0. The van der Waals surface area contributed by atoms with Gasteiger partial charge in [-0.3, -0.25) is 4.79 Å². The highest BCUT2D eigenvalue weighted by Gasteiger charge is 2.80. The van der Waals surface area contributed by atoms with Gasteiger partial charge in [0, 0.05) is 10.5 Å². The van der Waals surface area contributed by atoms with Gasteiger partial charge in [-0.25, -0.2) is 4.79 Å². The zero-order valence-corrected chi connectivity index (χ0v) is 16.2. The number of nitrogens with one attached hydrogen (secondary N) is 1. The number of ether oxygens (including phenoxy) is 1. The number of rotatable bonds is 4. The summed E-state index contributed by atoms with van der Waals surface area (Å²) in [6.07, 6.45) is 1.96. The van der Waals surface area contributed by atoms with Crippen LogP contribution in [-0.2, 0) is 9.53 Å². The van der Waals surface area contributed by atoms with Gasteiger partial charge in [0.05, 0.1) is 17.6 Å². The molecule has 3 fully saturated rings. The van der Waals surface area contributed by atoms with Crippen LogP contribution in [0.25, 0.3) is 0 Å². The third-order valence-electron chi connectivity index (χ3n) is 6.63. The van der Waals surface area contributed by atoms with Crippen molar-refractivity contribution in [3.63, 3.8) is 0 Å². The maximum atomic E-state index is 13.0. The maximum Gasteiger partial charge on any atom is 0.338 e. The molecule has 1 aromatic carbocycles. The van der Waals surface area contributed by atoms with Crippen molar-refractivity contribution in [3.8, 4) is 0 Å². The van der Waals surface area contributed by atoms with Gasteiger partial charge in [-0.05, 0) is 54.9 Å². The van der Waals surface area contributed by atoms with E-state index < -0.39 is 0 Å². The Kier molecular flexibility index (Phi) is 4.06. The Bertz CT molecular complexity index is 684. The van der Waals surface area contributed by atoms with Crippen molar-refractivity contribution < 1.29 is 14.3 Å². The van der Waals surface area contributed by atoms with E-state index in [1.807, 2.05) is 0 Å². The normalized spacial score (nSPS) is 32.8. The van der Waals surface area contributed by atoms with E-state index >= 15 is 0 Å². The topological polar surface area (TPSA) is 55.4 Å². The number of alkyl halides is 1. The zero-order chi connectivity index (χ0) is 17.8. The fourth-order valence-electron chi connectivity index (χ4n) is 4.60. The van der Waals surface area contributed by atoms with Gasteiger partial charge in [-0.15, -0.1) is 0 Å². The highest BCUT2D eigenvalue weighted by Crippen LogP contribution is 2.79. The lowest BCUT2D eigenvalue weighted by atomic mass is 9.43. The third kappa shape index (κ3) is 2.03. The Morgan fingerprint density at radius 1 is 1.21 bits per heavy atom. The first-order valence-corrected chi connectivity index (χ1v) is 9.35. The molecule has 0 heterocycles. The summed E-state index contributed by atoms with van der Waals surface area (Å²) in [6.45, 7) is 8.78. The molecule has 1 N–H and O–H groups in total. The lowest BCUT2D eigenvalue weighted by molar-refractivity contribution is -0.156. The van der Waals surface area contributed by atoms with E-state index in [1.165, 1.54) is 0 Å². The van der Waals surface area contributed by atoms with Gasteiger partial charge in [0.25, 0.3) is 0 Å². The molecule has 0 radical (unpaired) electrons. The molecule has 4 nitrogen and oxygen atoms in total. The minimum Gasteiger partial charge on any atom is -0.462 e. The number of hydrogen-bond acceptors (Lipinski definition) is 3. The van der Waals surface area contributed by atoms with Gasteiger partial charge in [-0.1, -0.05) is 36.7 Å². The molecule has 3 aliphatic carbocycles. The van der Waals surface area contributed by atoms with Crippen molar-refractivity contribution in [1.82, 2.24) is 0 Å². The van der Waals surface area contributed by atoms with Crippen LogP contribution >= 0.6 is 15.9 Å². The van der Waals surface area contributed by atoms with E-state index in [-0.39, 0.29) is 32.9 Å². The first-order chi connectivity index (χ1) is 11.2. The Labute approximate surface area is 151 Å². The Morgan fingerprint density at radius 2 is 1.83 bits per heavy atom. The van der Waals surface area contributed by atoms with Crippen LogP contribution in [0.2, 0.25) is 0 Å². The molecule has 3 unspecified atom stereocenters. The van der Waals surface area contributed by atoms with Crippen molar-refractivity contribution in [2.75, 3.05) is 11.9 Å². The van der Waals surface area contributed by atoms with Crippen molar-refractivity contribution in [2.24, 2.45) is 16.2 Å². The number of amides is 1. The van der Waals surface area contributed by atoms with Crippen molar-refractivity contribution >= 4 is 33.5 Å². The lowest BCUT2D eigenvalue weighted by Crippen LogP contribution is -2.68. The summed E-state index contributed by atoms with van der Waals surface area (Å²) in [4.78, 5) is 24.9. The largest absolute Gasteiger partial charge is 0.462 e. The first kappa shape index (κ1) is 17.5. The number of hydrogen-bond donors (Lipinski definition) is 1. The van der Waals surface area contributed by atoms with Crippen LogP contribution in [0.3, 0.4) is 0 Å². The van der Waals surface area contributed by atoms with Crippen LogP contribution < -0.4 is 5.32 Å². The van der Waals surface area contributed by atoms with Crippen molar-refractivity contribution in [1.29, 1.82) is 0 Å². The molecule has 2 bridgehead atoms. The predicted octanol–water partition coefficient (Wildman–Crippen LogP) is 4.39. The number of carbonyl (C=O) groups excluding carboxylic acids is 2. The van der Waals surface area contributed by atoms with Gasteiger partial charge < -0.3 is 10.1 Å². The zero-order valence-electron chi connectivity index (χ0n) is 14.6. The summed E-state index contributed by atoms with van der Waals surface area (Å²) in [5.74, 6) is -0.283. The minimum absolute atomic E-state index is 0.0386. The number of fused-ring (bicyclic) bond motifs is 1. The second-order valence-corrected chi connectivity index (χ2v) is 8.54. The number of carbonyl (C=O) groups is 2. The highest BCUT2D eigenvalue weighted by atomic mass is 79.9. The summed E-state index contributed by atoms with van der Waals surface area (Å²) in [5, 5.41) is 3.04. The summed E-state index contributed by atoms with van der Waals surface area (Å²) in [6, 6.07) is 6.87. The van der Waals surface area contributed by atoms with E-state index in [4.69, 9.17) is 4.74 Å². The Morgan fingerprint density at radius 3 is 2.29 bits per heavy atom. The third-order valence-corrected chi connectivity index (χ3v) is 8.42. The molecule has 1 aromatic rings. The summed E-state index contributed by atoms with van der Waals surface area (Å²) in [5.41, 5.74) is 0.949. The van der Waals surface area contributed by atoms with Gasteiger partial charge in [0.1, 0.15) is 0 Å². The highest BCUT2D eigenvalue weighted by molar-refractivity contribution is 9.09. The fourth-order valence-corrected chi connectivity index (χ4v) is 6.41. The summed E-state index contributed by atoms with van der Waals surface area (Å²) >= 11 is 3.78. The molecule has 0 aliphatic heterocycles. The molecule has 1 amide bonds. The van der Waals surface area contributed by atoms with Gasteiger partial charge in [-0.2, -0.15) is 0 Å². The molecule has 3 aliphatic rings. The quantitative estimate of drug-likeness (QED) is 0.609. The molecule has 0 aromatic heterocycles. The molecular weight excluding hydrogens is 370 g/mol. The number of anilines is 1. The van der Waals surface area contributed by atoms with E-state index in [1.54, 1.807) is 31.2 Å². The number of halogens is 1. The molecule has 0 spiro atoms. The van der Waals surface area contributed by atoms with Crippen LogP contribution in [0.4, 0.5) is 5.69 Å². The minimum atomic E-state index is -0.373. The smallest absolute Gasteiger partial charge is 0.338 e. The SMILES string of the molecule is CCOC(=O)c1ccc(NC(=O)C23CCC(C)(C2Br)C3(C)C)cc1. The van der Waals surface area contributed by atoms with E-state index in [9.17, 15) is 9.59 Å². The van der Waals surface area contributed by atoms with E-state index in [0.717, 1.165) is 12.8 Å². The number of benzene rings is 1. The monoisotopic (exact) mass is 393 g/mol. The van der Waals surface area contributed by atoms with Crippen molar-refractivity contribution in [2.45, 2.75) is 45.4 Å². The molecular formula is C19H24BrNO3. The van der Waals surface area contributed by atoms with E-state index in [0.29, 0.717) is 17.9 Å². The van der Waals surface area contributed by atoms with Crippen molar-refractivity contribution in [3.05, 3.63) is 29.8 Å². The van der Waals surface area contributed by atoms with Gasteiger partial charge >= 0.3 is 5.97 Å². The Hall–Kier alpha value is -1.36. The number of esters is 1. The first-order valence-electron chi connectivity index (χ1n) is 8.43. The second kappa shape index (κ2) is 5.58. The van der Waals surface area contributed by atoms with Crippen LogP contribution in [0, 0.1) is 16.2 Å². The maximum absolute atomic E-state index is 13.0. The molecule has 3 atom stereocenters. The fraction of sp³-hybridized carbons (Fsp3) is 0.579. The molecule has 130 valence electrons. The Balaban J connectivity index is 1.76. The van der Waals surface area contributed by atoms with Crippen LogP contribution in [-0.4, -0.2) is 23.3 Å². The molecule has 24 heavy (non-hydrogen) atoms. The van der Waals surface area contributed by atoms with Crippen LogP contribution in [0.5, 0.6) is 0 Å². The van der Waals surface area contributed by atoms with Gasteiger partial charge in [0.15, 0.2) is 0 Å². The molecule has 5 heteroatoms. The van der Waals surface area contributed by atoms with Crippen LogP contribution in [0.1, 0.15) is 50.9 Å². The standard InChI is InChI=1S/C19H24BrNO3/c1-5-24-14(22)12-6-8-13(9-7-12)21-16(23)19-11-10-18(4,15(19)20)17(19,2)3/h6-9,15H,5,10-11H2,1-4H3,(H,21,23). The van der Waals surface area contributed by atoms with Gasteiger partial charge in [0.2, 0.25) is 5.91 Å². The second-order valence-electron chi connectivity index (χ2n) is 7.63. The predicted molar refractivity (Wildman–Crippen MR) is 97.3 cm³/mol. The molecule has 4 rings (SSSR count). The van der Waals surface area contributed by atoms with E-state index in [2.05, 4.69) is 42.0 Å². The summed E-state index contributed by atoms with van der Waals surface area (Å²) < 4.78 is 4.97. The molecule has 3 saturated carbocycles. The van der Waals surface area contributed by atoms with Crippen LogP contribution in [0.15, 0.2) is 24.3 Å². The average molecular weight is 394 g/mol. The molecule has 0 saturated heterocycles. The lowest BCUT2D eigenvalue weighted by Gasteiger charge is -2.64. The average Bonchev–Trinajstić information content (AvgIpc) is 2.95.